The van der Waals surface area contributed by atoms with E-state index >= 15 is 0 Å². The van der Waals surface area contributed by atoms with Crippen LogP contribution in [0.25, 0.3) is 0 Å². The van der Waals surface area contributed by atoms with E-state index in [1.807, 2.05) is 4.90 Å². The molecule has 1 unspecified atom stereocenters. The third-order valence-electron chi connectivity index (χ3n) is 5.37. The molecule has 0 saturated carbocycles. The lowest BCUT2D eigenvalue weighted by Gasteiger charge is -2.33. The Hall–Kier alpha value is -3.01. The van der Waals surface area contributed by atoms with Crippen molar-refractivity contribution in [2.45, 2.75) is 31.2 Å². The van der Waals surface area contributed by atoms with E-state index in [0.717, 1.165) is 6.07 Å². The van der Waals surface area contributed by atoms with Gasteiger partial charge in [0.25, 0.3) is 0 Å². The van der Waals surface area contributed by atoms with Gasteiger partial charge in [0, 0.05) is 25.9 Å². The number of carbonyl (C=O) groups is 1. The van der Waals surface area contributed by atoms with Crippen LogP contribution in [0.15, 0.2) is 42.6 Å². The monoisotopic (exact) mass is 437 g/mol. The summed E-state index contributed by atoms with van der Waals surface area (Å²) in [6.45, 7) is 1.20. The van der Waals surface area contributed by atoms with Gasteiger partial charge < -0.3 is 19.5 Å². The molecule has 1 amide bonds. The number of aliphatic hydroxyl groups is 1. The van der Waals surface area contributed by atoms with Crippen molar-refractivity contribution in [1.82, 2.24) is 4.98 Å². The molecule has 10 heteroatoms. The van der Waals surface area contributed by atoms with Gasteiger partial charge in [-0.1, -0.05) is 12.1 Å². The zero-order chi connectivity index (χ0) is 22.0. The third-order valence-corrected chi connectivity index (χ3v) is 5.37. The van der Waals surface area contributed by atoms with E-state index in [4.69, 9.17) is 14.6 Å². The average molecular weight is 437 g/mol. The summed E-state index contributed by atoms with van der Waals surface area (Å²) in [4.78, 5) is 19.7. The van der Waals surface area contributed by atoms with E-state index < -0.39 is 23.9 Å². The molecular formula is C21H22F3N3O4. The summed E-state index contributed by atoms with van der Waals surface area (Å²) < 4.78 is 50.2. The second-order valence-electron chi connectivity index (χ2n) is 7.47. The standard InChI is InChI=1S/C21H22F3N3O4/c22-21(23,24)17-3-1-2-4-18(17)30-15-7-9-26(10-8-15)19-6-5-14(11-25-19)27-12-16(13-28)31-20(27)29/h1-6,11,15-16,28H,7-10,12-13H2. The number of para-hydroxylation sites is 1. The fourth-order valence-corrected chi connectivity index (χ4v) is 3.74. The van der Waals surface area contributed by atoms with Crippen molar-refractivity contribution in [3.63, 3.8) is 0 Å². The maximum absolute atomic E-state index is 13.2. The molecule has 1 aromatic heterocycles. The van der Waals surface area contributed by atoms with Gasteiger partial charge in [-0.25, -0.2) is 9.78 Å². The summed E-state index contributed by atoms with van der Waals surface area (Å²) in [5, 5.41) is 9.14. The number of benzene rings is 1. The van der Waals surface area contributed by atoms with Crippen molar-refractivity contribution in [1.29, 1.82) is 0 Å². The highest BCUT2D eigenvalue weighted by atomic mass is 19.4. The van der Waals surface area contributed by atoms with Gasteiger partial charge in [-0.3, -0.25) is 4.90 Å². The number of cyclic esters (lactones) is 1. The first kappa shape index (κ1) is 21.2. The smallest absolute Gasteiger partial charge is 0.419 e. The molecule has 0 bridgehead atoms. The Kier molecular flexibility index (Phi) is 5.90. The number of rotatable bonds is 5. The molecule has 2 aliphatic rings. The quantitative estimate of drug-likeness (QED) is 0.772. The molecular weight excluding hydrogens is 415 g/mol. The zero-order valence-corrected chi connectivity index (χ0v) is 16.6. The molecule has 0 aliphatic carbocycles. The molecule has 2 saturated heterocycles. The predicted octanol–water partition coefficient (Wildman–Crippen LogP) is 3.47. The summed E-state index contributed by atoms with van der Waals surface area (Å²) in [7, 11) is 0. The number of pyridine rings is 1. The summed E-state index contributed by atoms with van der Waals surface area (Å²) in [6, 6.07) is 8.79. The van der Waals surface area contributed by atoms with Crippen LogP contribution < -0.4 is 14.5 Å². The van der Waals surface area contributed by atoms with E-state index in [1.54, 1.807) is 18.3 Å². The van der Waals surface area contributed by atoms with Crippen LogP contribution in [-0.2, 0) is 10.9 Å². The molecule has 2 aromatic rings. The minimum Gasteiger partial charge on any atom is -0.490 e. The number of amides is 1. The minimum atomic E-state index is -4.46. The summed E-state index contributed by atoms with van der Waals surface area (Å²) >= 11 is 0. The van der Waals surface area contributed by atoms with Crippen LogP contribution in [0, 0.1) is 0 Å². The van der Waals surface area contributed by atoms with Gasteiger partial charge in [0.05, 0.1) is 30.6 Å². The van der Waals surface area contributed by atoms with Crippen LogP contribution in [0.4, 0.5) is 29.5 Å². The Bertz CT molecular complexity index is 915. The Morgan fingerprint density at radius 1 is 1.16 bits per heavy atom. The van der Waals surface area contributed by atoms with Gasteiger partial charge in [-0.05, 0) is 24.3 Å². The molecule has 4 rings (SSSR count). The van der Waals surface area contributed by atoms with E-state index in [1.165, 1.54) is 23.1 Å². The molecule has 31 heavy (non-hydrogen) atoms. The fourth-order valence-electron chi connectivity index (χ4n) is 3.74. The maximum Gasteiger partial charge on any atom is 0.419 e. The number of nitrogens with zero attached hydrogens (tertiary/aromatic N) is 3. The van der Waals surface area contributed by atoms with Gasteiger partial charge >= 0.3 is 12.3 Å². The largest absolute Gasteiger partial charge is 0.490 e. The van der Waals surface area contributed by atoms with Crippen molar-refractivity contribution in [2.24, 2.45) is 0 Å². The summed E-state index contributed by atoms with van der Waals surface area (Å²) in [5.41, 5.74) is -0.190. The first-order chi connectivity index (χ1) is 14.8. The van der Waals surface area contributed by atoms with Crippen LogP contribution in [0.1, 0.15) is 18.4 Å². The Morgan fingerprint density at radius 2 is 1.90 bits per heavy atom. The molecule has 0 spiro atoms. The number of alkyl halides is 3. The van der Waals surface area contributed by atoms with Crippen molar-refractivity contribution >= 4 is 17.6 Å². The lowest BCUT2D eigenvalue weighted by molar-refractivity contribution is -0.139. The molecule has 7 nitrogen and oxygen atoms in total. The highest BCUT2D eigenvalue weighted by molar-refractivity contribution is 5.89. The Balaban J connectivity index is 1.35. The van der Waals surface area contributed by atoms with Gasteiger partial charge in [0.2, 0.25) is 0 Å². The van der Waals surface area contributed by atoms with Crippen LogP contribution in [-0.4, -0.2) is 54.6 Å². The van der Waals surface area contributed by atoms with Crippen LogP contribution in [0.5, 0.6) is 5.75 Å². The number of halogens is 3. The van der Waals surface area contributed by atoms with Crippen molar-refractivity contribution < 1.29 is 32.5 Å². The Labute approximate surface area is 177 Å². The zero-order valence-electron chi connectivity index (χ0n) is 16.6. The molecule has 166 valence electrons. The van der Waals surface area contributed by atoms with Crippen molar-refractivity contribution in [3.8, 4) is 5.75 Å². The van der Waals surface area contributed by atoms with E-state index in [2.05, 4.69) is 4.98 Å². The maximum atomic E-state index is 13.2. The second-order valence-corrected chi connectivity index (χ2v) is 7.47. The van der Waals surface area contributed by atoms with Gasteiger partial charge in [-0.15, -0.1) is 0 Å². The lowest BCUT2D eigenvalue weighted by atomic mass is 10.1. The van der Waals surface area contributed by atoms with E-state index in [0.29, 0.717) is 37.4 Å². The molecule has 2 aliphatic heterocycles. The van der Waals surface area contributed by atoms with Gasteiger partial charge in [-0.2, -0.15) is 13.2 Å². The number of anilines is 2. The Morgan fingerprint density at radius 3 is 2.52 bits per heavy atom. The number of carbonyl (C=O) groups excluding carboxylic acids is 1. The number of hydrogen-bond acceptors (Lipinski definition) is 6. The fraction of sp³-hybridized carbons (Fsp3) is 0.429. The van der Waals surface area contributed by atoms with E-state index in [-0.39, 0.29) is 25.0 Å². The molecule has 1 aromatic carbocycles. The molecule has 1 N–H and O–H groups in total. The normalized spacial score (nSPS) is 20.1. The number of aliphatic hydroxyl groups excluding tert-OH is 1. The third kappa shape index (κ3) is 4.68. The predicted molar refractivity (Wildman–Crippen MR) is 106 cm³/mol. The lowest BCUT2D eigenvalue weighted by Crippen LogP contribution is -2.39. The SMILES string of the molecule is O=C1OC(CO)CN1c1ccc(N2CCC(Oc3ccccc3C(F)(F)F)CC2)nc1. The van der Waals surface area contributed by atoms with Crippen molar-refractivity contribution in [3.05, 3.63) is 48.2 Å². The average Bonchev–Trinajstić information content (AvgIpc) is 3.15. The first-order valence-electron chi connectivity index (χ1n) is 9.98. The molecule has 0 radical (unpaired) electrons. The van der Waals surface area contributed by atoms with Gasteiger partial charge in [0.15, 0.2) is 0 Å². The number of piperidine rings is 1. The van der Waals surface area contributed by atoms with Crippen LogP contribution in [0.2, 0.25) is 0 Å². The summed E-state index contributed by atoms with van der Waals surface area (Å²) in [6.07, 6.45) is -3.15. The molecule has 3 heterocycles. The minimum absolute atomic E-state index is 0.144. The van der Waals surface area contributed by atoms with Crippen molar-refractivity contribution in [2.75, 3.05) is 36.0 Å². The second kappa shape index (κ2) is 8.62. The molecule has 2 fully saturated rings. The highest BCUT2D eigenvalue weighted by Crippen LogP contribution is 2.37. The number of hydrogen-bond donors (Lipinski definition) is 1. The first-order valence-corrected chi connectivity index (χ1v) is 9.98. The van der Waals surface area contributed by atoms with Crippen LogP contribution in [0.3, 0.4) is 0 Å². The summed E-state index contributed by atoms with van der Waals surface area (Å²) in [5.74, 6) is 0.568. The number of aromatic nitrogens is 1. The molecule has 1 atom stereocenters. The van der Waals surface area contributed by atoms with Crippen LogP contribution >= 0.6 is 0 Å². The topological polar surface area (TPSA) is 75.1 Å². The van der Waals surface area contributed by atoms with E-state index in [9.17, 15) is 18.0 Å². The number of ether oxygens (including phenoxy) is 2. The highest BCUT2D eigenvalue weighted by Gasteiger charge is 2.35. The van der Waals surface area contributed by atoms with Gasteiger partial charge in [0.1, 0.15) is 23.8 Å².